The van der Waals surface area contributed by atoms with Crippen LogP contribution in [0.2, 0.25) is 0 Å². The van der Waals surface area contributed by atoms with Crippen LogP contribution in [0, 0.1) is 17.8 Å². The first-order valence-corrected chi connectivity index (χ1v) is 6.89. The van der Waals surface area contributed by atoms with Crippen molar-refractivity contribution in [2.75, 3.05) is 0 Å². The minimum Gasteiger partial charge on any atom is -1.00 e. The molecule has 4 bridgehead atoms. The summed E-state index contributed by atoms with van der Waals surface area (Å²) in [6.45, 7) is 0. The van der Waals surface area contributed by atoms with Crippen molar-refractivity contribution in [1.29, 1.82) is 0 Å². The summed E-state index contributed by atoms with van der Waals surface area (Å²) >= 11 is 0. The van der Waals surface area contributed by atoms with E-state index < -0.39 is 14.9 Å². The first kappa shape index (κ1) is 13.0. The zero-order valence-corrected chi connectivity index (χ0v) is 13.1. The number of hydrogen-bond acceptors (Lipinski definition) is 2. The van der Waals surface area contributed by atoms with Crippen LogP contribution in [-0.4, -0.2) is 17.7 Å². The Hall–Kier alpha value is 1.55. The molecule has 0 aromatic rings. The van der Waals surface area contributed by atoms with Gasteiger partial charge in [-0.05, 0) is 56.3 Å². The van der Waals surface area contributed by atoms with Gasteiger partial charge in [0, 0.05) is 0 Å². The van der Waals surface area contributed by atoms with E-state index in [0.717, 1.165) is 19.3 Å². The fourth-order valence-electron chi connectivity index (χ4n) is 4.35. The molecular weight excluding hydrogens is 239 g/mol. The van der Waals surface area contributed by atoms with Gasteiger partial charge in [0.05, 0.1) is 4.75 Å². The maximum atomic E-state index is 11.4. The molecule has 0 aromatic heterocycles. The van der Waals surface area contributed by atoms with Gasteiger partial charge >= 0.3 is 51.4 Å². The molecule has 4 fully saturated rings. The molecule has 0 radical (unpaired) electrons. The minimum absolute atomic E-state index is 0. The van der Waals surface area contributed by atoms with Gasteiger partial charge in [0.15, 0.2) is 0 Å². The second-order valence-corrected chi connectivity index (χ2v) is 7.39. The third kappa shape index (κ3) is 2.02. The summed E-state index contributed by atoms with van der Waals surface area (Å²) in [5.74, 6) is 1.72. The van der Waals surface area contributed by atoms with Gasteiger partial charge < -0.3 is 1.43 Å². The Morgan fingerprint density at radius 2 is 1.33 bits per heavy atom. The summed E-state index contributed by atoms with van der Waals surface area (Å²) < 4.78 is 31.5. The van der Waals surface area contributed by atoms with Gasteiger partial charge in [0.2, 0.25) is 0 Å². The molecule has 0 heterocycles. The minimum atomic E-state index is -3.82. The van der Waals surface area contributed by atoms with Crippen LogP contribution in [0.15, 0.2) is 0 Å². The second kappa shape index (κ2) is 4.04. The van der Waals surface area contributed by atoms with Crippen molar-refractivity contribution < 1.29 is 65.8 Å². The van der Waals surface area contributed by atoms with E-state index >= 15 is 0 Å². The molecule has 4 rings (SSSR count). The van der Waals surface area contributed by atoms with Crippen molar-refractivity contribution in [3.63, 3.8) is 0 Å². The molecule has 1 N–H and O–H groups in total. The molecule has 5 heteroatoms. The monoisotopic (exact) mass is 256 g/mol. The topological polar surface area (TPSA) is 54.4 Å². The van der Waals surface area contributed by atoms with Crippen molar-refractivity contribution in [3.8, 4) is 0 Å². The number of hydrogen-bond donors (Lipinski definition) is 1. The molecule has 0 atom stereocenters. The Kier molecular flexibility index (Phi) is 3.50. The third-order valence-corrected chi connectivity index (χ3v) is 6.12. The van der Waals surface area contributed by atoms with Gasteiger partial charge in [-0.25, -0.2) is 0 Å². The molecule has 82 valence electrons. The molecule has 4 aliphatic carbocycles. The van der Waals surface area contributed by atoms with E-state index in [1.807, 2.05) is 0 Å². The first-order chi connectivity index (χ1) is 6.48. The Bertz CT molecular complexity index is 333. The third-order valence-electron chi connectivity index (χ3n) is 4.53. The molecular formula is C10H17KO3S. The first-order valence-electron chi connectivity index (χ1n) is 5.45. The van der Waals surface area contributed by atoms with Crippen molar-refractivity contribution in [2.24, 2.45) is 17.8 Å². The van der Waals surface area contributed by atoms with Crippen molar-refractivity contribution in [1.82, 2.24) is 0 Å². The smallest absolute Gasteiger partial charge is 1.00 e. The summed E-state index contributed by atoms with van der Waals surface area (Å²) in [5, 5.41) is 0. The van der Waals surface area contributed by atoms with Gasteiger partial charge in [-0.15, -0.1) is 0 Å². The van der Waals surface area contributed by atoms with E-state index in [4.69, 9.17) is 0 Å². The maximum absolute atomic E-state index is 11.4. The summed E-state index contributed by atoms with van der Waals surface area (Å²) in [6.07, 6.45) is 5.77. The molecule has 0 unspecified atom stereocenters. The molecule has 4 saturated carbocycles. The number of rotatable bonds is 1. The fraction of sp³-hybridized carbons (Fsp3) is 1.00. The molecule has 4 aliphatic rings. The van der Waals surface area contributed by atoms with E-state index in [0.29, 0.717) is 17.8 Å². The van der Waals surface area contributed by atoms with Crippen LogP contribution in [0.1, 0.15) is 40.0 Å². The van der Waals surface area contributed by atoms with Gasteiger partial charge in [0.25, 0.3) is 10.1 Å². The quantitative estimate of drug-likeness (QED) is 0.482. The van der Waals surface area contributed by atoms with Crippen LogP contribution in [0.3, 0.4) is 0 Å². The SMILES string of the molecule is O=S(=O)(O)C12CC3CC(CC(C3)C1)C2.[H-].[K+]. The predicted octanol–water partition coefficient (Wildman–Crippen LogP) is -1.04. The zero-order chi connectivity index (χ0) is 9.97. The molecule has 0 aliphatic heterocycles. The van der Waals surface area contributed by atoms with Crippen molar-refractivity contribution >= 4 is 10.1 Å². The maximum Gasteiger partial charge on any atom is 1.00 e. The largest absolute Gasteiger partial charge is 1.00 e. The normalized spacial score (nSPS) is 47.7. The van der Waals surface area contributed by atoms with Gasteiger partial charge in [0.1, 0.15) is 0 Å². The van der Waals surface area contributed by atoms with Crippen LogP contribution < -0.4 is 51.4 Å². The van der Waals surface area contributed by atoms with E-state index in [9.17, 15) is 13.0 Å². The summed E-state index contributed by atoms with van der Waals surface area (Å²) in [6, 6.07) is 0. The summed E-state index contributed by atoms with van der Waals surface area (Å²) in [5.41, 5.74) is 0. The predicted molar refractivity (Wildman–Crippen MR) is 53.6 cm³/mol. The molecule has 15 heavy (non-hydrogen) atoms. The van der Waals surface area contributed by atoms with Crippen LogP contribution in [-0.2, 0) is 10.1 Å². The molecule has 0 saturated heterocycles. The van der Waals surface area contributed by atoms with Crippen molar-refractivity contribution in [2.45, 2.75) is 43.3 Å². The fourth-order valence-corrected chi connectivity index (χ4v) is 5.69. The molecule has 0 aromatic carbocycles. The Labute approximate surface area is 135 Å². The Morgan fingerprint density at radius 3 is 1.60 bits per heavy atom. The van der Waals surface area contributed by atoms with Gasteiger partial charge in [-0.1, -0.05) is 0 Å². The standard InChI is InChI=1S/C10H16O3S.K.H/c11-14(12,13)10-4-7-1-8(5-10)3-9(2-7)6-10;;/h7-9H,1-6H2,(H,11,12,13);;/q;+1;-1. The van der Waals surface area contributed by atoms with Crippen LogP contribution >= 0.6 is 0 Å². The Morgan fingerprint density at radius 1 is 1.00 bits per heavy atom. The average molecular weight is 256 g/mol. The Balaban J connectivity index is 0.000000640. The van der Waals surface area contributed by atoms with Crippen molar-refractivity contribution in [3.05, 3.63) is 0 Å². The van der Waals surface area contributed by atoms with E-state index in [1.54, 1.807) is 0 Å². The molecule has 0 amide bonds. The summed E-state index contributed by atoms with van der Waals surface area (Å²) in [4.78, 5) is 0. The van der Waals surface area contributed by atoms with E-state index in [1.165, 1.54) is 19.3 Å². The molecule has 0 spiro atoms. The van der Waals surface area contributed by atoms with Gasteiger partial charge in [-0.3, -0.25) is 4.55 Å². The average Bonchev–Trinajstić information content (AvgIpc) is 1.98. The molecule has 3 nitrogen and oxygen atoms in total. The van der Waals surface area contributed by atoms with E-state index in [2.05, 4.69) is 0 Å². The summed E-state index contributed by atoms with van der Waals surface area (Å²) in [7, 11) is -3.82. The second-order valence-electron chi connectivity index (χ2n) is 5.58. The van der Waals surface area contributed by atoms with Crippen LogP contribution in [0.25, 0.3) is 0 Å². The van der Waals surface area contributed by atoms with Gasteiger partial charge in [-0.2, -0.15) is 8.42 Å². The zero-order valence-electron chi connectivity index (χ0n) is 10.1. The van der Waals surface area contributed by atoms with E-state index in [-0.39, 0.29) is 52.8 Å². The van der Waals surface area contributed by atoms with Crippen LogP contribution in [0.4, 0.5) is 0 Å². The van der Waals surface area contributed by atoms with Crippen LogP contribution in [0.5, 0.6) is 0 Å².